The second kappa shape index (κ2) is 8.36. The van der Waals surface area contributed by atoms with Gasteiger partial charge in [-0.1, -0.05) is 19.6 Å². The highest BCUT2D eigenvalue weighted by molar-refractivity contribution is 7.92. The van der Waals surface area contributed by atoms with Gasteiger partial charge in [0.1, 0.15) is 16.5 Å². The maximum Gasteiger partial charge on any atom is 0.337 e. The Balaban J connectivity index is 2.22. The molecular formula is C18H27N3O4SSi. The van der Waals surface area contributed by atoms with Crippen molar-refractivity contribution in [3.8, 4) is 0 Å². The summed E-state index contributed by atoms with van der Waals surface area (Å²) in [5.41, 5.74) is 1.01. The van der Waals surface area contributed by atoms with E-state index in [-0.39, 0.29) is 16.8 Å². The Morgan fingerprint density at radius 2 is 1.89 bits per heavy atom. The van der Waals surface area contributed by atoms with Crippen LogP contribution in [0.2, 0.25) is 25.7 Å². The summed E-state index contributed by atoms with van der Waals surface area (Å²) in [6, 6.07) is 7.03. The molecule has 0 aliphatic rings. The Kier molecular flexibility index (Phi) is 6.61. The van der Waals surface area contributed by atoms with Crippen molar-refractivity contribution in [2.24, 2.45) is 0 Å². The predicted molar refractivity (Wildman–Crippen MR) is 106 cm³/mol. The van der Waals surface area contributed by atoms with Gasteiger partial charge in [0.25, 0.3) is 0 Å². The number of nitrogens with zero attached hydrogens (tertiary/aromatic N) is 2. The molecule has 9 heteroatoms. The summed E-state index contributed by atoms with van der Waals surface area (Å²) in [4.78, 5) is 16.1. The molecule has 0 saturated heterocycles. The number of carbonyl (C=O) groups excluding carboxylic acids is 1. The fourth-order valence-electron chi connectivity index (χ4n) is 2.39. The van der Waals surface area contributed by atoms with E-state index >= 15 is 0 Å². The number of rotatable bonds is 8. The first kappa shape index (κ1) is 21.3. The summed E-state index contributed by atoms with van der Waals surface area (Å²) < 4.78 is 33.7. The summed E-state index contributed by atoms with van der Waals surface area (Å²) in [7, 11) is -3.23. The van der Waals surface area contributed by atoms with Crippen LogP contribution in [0.5, 0.6) is 0 Å². The molecule has 0 bridgehead atoms. The summed E-state index contributed by atoms with van der Waals surface area (Å²) in [6.45, 7) is 9.45. The normalized spacial score (nSPS) is 14.0. The van der Waals surface area contributed by atoms with E-state index in [4.69, 9.17) is 9.52 Å². The third-order valence-corrected chi connectivity index (χ3v) is 7.43. The van der Waals surface area contributed by atoms with E-state index < -0.39 is 23.8 Å². The van der Waals surface area contributed by atoms with Crippen molar-refractivity contribution >= 4 is 23.8 Å². The van der Waals surface area contributed by atoms with Gasteiger partial charge in [-0.15, -0.1) is 0 Å². The van der Waals surface area contributed by atoms with E-state index in [1.54, 1.807) is 17.7 Å². The number of esters is 1. The van der Waals surface area contributed by atoms with Gasteiger partial charge in [0.05, 0.1) is 23.3 Å². The Labute approximate surface area is 161 Å². The average molecular weight is 410 g/mol. The highest BCUT2D eigenvalue weighted by Gasteiger charge is 2.21. The molecule has 0 aliphatic heterocycles. The van der Waals surface area contributed by atoms with Gasteiger partial charge in [-0.2, -0.15) is 0 Å². The lowest BCUT2D eigenvalue weighted by Crippen LogP contribution is -2.22. The number of hydrogen-bond acceptors (Lipinski definition) is 6. The summed E-state index contributed by atoms with van der Waals surface area (Å²) >= 11 is 0. The Bertz CT molecular complexity index is 900. The molecule has 0 aliphatic carbocycles. The van der Waals surface area contributed by atoms with Crippen LogP contribution in [0.25, 0.3) is 0 Å². The molecule has 27 heavy (non-hydrogen) atoms. The molecule has 1 aromatic carbocycles. The van der Waals surface area contributed by atoms with Crippen LogP contribution in [-0.2, 0) is 25.9 Å². The molecule has 2 aromatic rings. The molecule has 0 radical (unpaired) electrons. The fourth-order valence-corrected chi connectivity index (χ4v) is 4.59. The molecular weight excluding hydrogens is 382 g/mol. The van der Waals surface area contributed by atoms with E-state index in [1.165, 1.54) is 31.4 Å². The number of aryl methyl sites for hydroxylation is 1. The second-order valence-corrected chi connectivity index (χ2v) is 15.1. The molecule has 1 N–H and O–H groups in total. The first-order valence-electron chi connectivity index (χ1n) is 8.63. The largest absolute Gasteiger partial charge is 0.465 e. The molecule has 148 valence electrons. The van der Waals surface area contributed by atoms with E-state index in [0.29, 0.717) is 17.9 Å². The number of nitrogens with one attached hydrogen (secondary N) is 1. The number of hydrogen-bond donors (Lipinski definition) is 1. The lowest BCUT2D eigenvalue weighted by Gasteiger charge is -2.16. The minimum Gasteiger partial charge on any atom is -0.465 e. The molecule has 1 aromatic heterocycles. The monoisotopic (exact) mass is 409 g/mol. The molecule has 1 unspecified atom stereocenters. The number of carbonyl (C=O) groups is 1. The van der Waals surface area contributed by atoms with Crippen molar-refractivity contribution in [1.82, 2.24) is 9.55 Å². The first-order chi connectivity index (χ1) is 12.5. The van der Waals surface area contributed by atoms with Crippen LogP contribution in [0, 0.1) is 11.7 Å². The van der Waals surface area contributed by atoms with Gasteiger partial charge in [-0.05, 0) is 37.2 Å². The SMILES string of the molecule is COC(=O)c1ccc(S(=N)(=O)c2nc(C)cn2COCC[Si](C)(C)C)cc1. The zero-order valence-corrected chi connectivity index (χ0v) is 18.3. The topological polar surface area (TPSA) is 94.3 Å². The van der Waals surface area contributed by atoms with Crippen LogP contribution in [0.3, 0.4) is 0 Å². The van der Waals surface area contributed by atoms with Gasteiger partial charge in [0.15, 0.2) is 0 Å². The molecule has 1 atom stereocenters. The van der Waals surface area contributed by atoms with Crippen molar-refractivity contribution in [1.29, 1.82) is 4.78 Å². The maximum absolute atomic E-state index is 13.2. The van der Waals surface area contributed by atoms with Gasteiger partial charge >= 0.3 is 5.97 Å². The molecule has 0 saturated carbocycles. The number of benzene rings is 1. The second-order valence-electron chi connectivity index (χ2n) is 7.55. The van der Waals surface area contributed by atoms with Gasteiger partial charge in [0, 0.05) is 20.9 Å². The first-order valence-corrected chi connectivity index (χ1v) is 13.9. The van der Waals surface area contributed by atoms with Crippen molar-refractivity contribution < 1.29 is 18.5 Å². The van der Waals surface area contributed by atoms with Crippen LogP contribution in [-0.4, -0.2) is 41.5 Å². The summed E-state index contributed by atoms with van der Waals surface area (Å²) in [5.74, 6) is -0.480. The number of imidazole rings is 1. The molecule has 1 heterocycles. The summed E-state index contributed by atoms with van der Waals surface area (Å²) in [5, 5.41) is 0.152. The predicted octanol–water partition coefficient (Wildman–Crippen LogP) is 3.76. The van der Waals surface area contributed by atoms with Gasteiger partial charge in [0.2, 0.25) is 5.16 Å². The Morgan fingerprint density at radius 3 is 2.44 bits per heavy atom. The van der Waals surface area contributed by atoms with E-state index in [1.807, 2.05) is 0 Å². The highest BCUT2D eigenvalue weighted by Crippen LogP contribution is 2.22. The Hall–Kier alpha value is -1.97. The quantitative estimate of drug-likeness (QED) is 0.407. The summed E-state index contributed by atoms with van der Waals surface area (Å²) in [6.07, 6.45) is 1.74. The van der Waals surface area contributed by atoms with Crippen molar-refractivity contribution in [2.75, 3.05) is 13.7 Å². The lowest BCUT2D eigenvalue weighted by molar-refractivity contribution is 0.0600. The third-order valence-electron chi connectivity index (χ3n) is 3.95. The number of ether oxygens (including phenoxy) is 2. The lowest BCUT2D eigenvalue weighted by atomic mass is 10.2. The maximum atomic E-state index is 13.2. The minimum absolute atomic E-state index is 0.152. The Morgan fingerprint density at radius 1 is 1.26 bits per heavy atom. The van der Waals surface area contributed by atoms with Crippen molar-refractivity contribution in [3.63, 3.8) is 0 Å². The molecule has 0 fully saturated rings. The van der Waals surface area contributed by atoms with E-state index in [2.05, 4.69) is 29.4 Å². The van der Waals surface area contributed by atoms with Crippen LogP contribution < -0.4 is 0 Å². The molecule has 2 rings (SSSR count). The van der Waals surface area contributed by atoms with E-state index in [0.717, 1.165) is 6.04 Å². The minimum atomic E-state index is -3.34. The van der Waals surface area contributed by atoms with Gasteiger partial charge < -0.3 is 9.47 Å². The van der Waals surface area contributed by atoms with Crippen molar-refractivity contribution in [2.45, 2.75) is 49.4 Å². The number of methoxy groups -OCH3 is 1. The molecule has 7 nitrogen and oxygen atoms in total. The van der Waals surface area contributed by atoms with Crippen LogP contribution in [0.4, 0.5) is 0 Å². The van der Waals surface area contributed by atoms with Gasteiger partial charge in [-0.3, -0.25) is 4.57 Å². The molecule has 0 spiro atoms. The van der Waals surface area contributed by atoms with Gasteiger partial charge in [-0.25, -0.2) is 18.8 Å². The van der Waals surface area contributed by atoms with Crippen molar-refractivity contribution in [3.05, 3.63) is 41.7 Å². The van der Waals surface area contributed by atoms with Crippen LogP contribution in [0.1, 0.15) is 16.1 Å². The van der Waals surface area contributed by atoms with Crippen LogP contribution >= 0.6 is 0 Å². The highest BCUT2D eigenvalue weighted by atomic mass is 32.2. The zero-order valence-electron chi connectivity index (χ0n) is 16.4. The number of aromatic nitrogens is 2. The zero-order chi connectivity index (χ0) is 20.2. The average Bonchev–Trinajstić information content (AvgIpc) is 2.99. The molecule has 0 amide bonds. The smallest absolute Gasteiger partial charge is 0.337 e. The third kappa shape index (κ3) is 5.50. The van der Waals surface area contributed by atoms with E-state index in [9.17, 15) is 9.00 Å². The standard InChI is InChI=1S/C18H27N3O4SSi/c1-14-12-21(13-25-10-11-27(3,4)5)18(20-14)26(19,23)16-8-6-15(7-9-16)17(22)24-2/h6-9,12,19H,10-11,13H2,1-5H3. The fraction of sp³-hybridized carbons (Fsp3) is 0.444. The van der Waals surface area contributed by atoms with Crippen LogP contribution in [0.15, 0.2) is 40.5 Å².